The fraction of sp³-hybridized carbons (Fsp3) is 0.417. The minimum absolute atomic E-state index is 0.00383. The maximum absolute atomic E-state index is 13.1. The number of aromatic nitrogens is 1. The van der Waals surface area contributed by atoms with Gasteiger partial charge in [0.15, 0.2) is 20.4 Å². The van der Waals surface area contributed by atoms with Gasteiger partial charge in [0, 0.05) is 43.2 Å². The highest BCUT2D eigenvalue weighted by Gasteiger charge is 2.30. The number of hydrogen-bond acceptors (Lipinski definition) is 6. The molecule has 0 bridgehead atoms. The Bertz CT molecular complexity index is 1340. The Hall–Kier alpha value is -2.00. The van der Waals surface area contributed by atoms with Crippen molar-refractivity contribution in [3.05, 3.63) is 57.3 Å². The summed E-state index contributed by atoms with van der Waals surface area (Å²) in [4.78, 5) is 20.8. The Kier molecular flexibility index (Phi) is 7.38. The lowest BCUT2D eigenvalue weighted by molar-refractivity contribution is -0.125. The molecule has 0 aliphatic carbocycles. The van der Waals surface area contributed by atoms with E-state index in [1.54, 1.807) is 48.7 Å². The summed E-state index contributed by atoms with van der Waals surface area (Å²) in [5.74, 6) is -0.176. The molecule has 176 valence electrons. The second-order valence-electron chi connectivity index (χ2n) is 8.46. The zero-order valence-electron chi connectivity index (χ0n) is 18.8. The van der Waals surface area contributed by atoms with Gasteiger partial charge in [0.25, 0.3) is 0 Å². The molecular formula is C24H28ClN3O3S2. The molecule has 1 fully saturated rings. The minimum Gasteiger partial charge on any atom is -0.323 e. The van der Waals surface area contributed by atoms with Crippen molar-refractivity contribution in [1.29, 1.82) is 0 Å². The molecule has 0 amide bonds. The Labute approximate surface area is 203 Å². The summed E-state index contributed by atoms with van der Waals surface area (Å²) in [5.41, 5.74) is 1.11. The van der Waals surface area contributed by atoms with Gasteiger partial charge in [0.1, 0.15) is 0 Å². The number of sulfone groups is 1. The quantitative estimate of drug-likeness (QED) is 0.482. The number of piperidine rings is 1. The van der Waals surface area contributed by atoms with Gasteiger partial charge in [-0.2, -0.15) is 0 Å². The van der Waals surface area contributed by atoms with Crippen molar-refractivity contribution in [3.8, 4) is 0 Å². The second-order valence-corrected chi connectivity index (χ2v) is 11.8. The van der Waals surface area contributed by atoms with Crippen LogP contribution in [-0.2, 0) is 28.2 Å². The molecule has 0 spiro atoms. The van der Waals surface area contributed by atoms with E-state index in [1.165, 1.54) is 0 Å². The van der Waals surface area contributed by atoms with E-state index in [4.69, 9.17) is 11.6 Å². The van der Waals surface area contributed by atoms with Crippen LogP contribution in [0.1, 0.15) is 31.4 Å². The Morgan fingerprint density at radius 2 is 1.94 bits per heavy atom. The van der Waals surface area contributed by atoms with Gasteiger partial charge in [-0.25, -0.2) is 8.42 Å². The predicted octanol–water partition coefficient (Wildman–Crippen LogP) is 4.21. The highest BCUT2D eigenvalue weighted by molar-refractivity contribution is 7.91. The summed E-state index contributed by atoms with van der Waals surface area (Å²) in [6, 6.07) is 10.1. The van der Waals surface area contributed by atoms with Crippen LogP contribution in [0.15, 0.2) is 51.7 Å². The molecule has 4 rings (SSSR count). The number of halogens is 1. The summed E-state index contributed by atoms with van der Waals surface area (Å²) in [6.07, 6.45) is 2.82. The average Bonchev–Trinajstić information content (AvgIpc) is 3.16. The summed E-state index contributed by atoms with van der Waals surface area (Å²) >= 11 is 7.61. The molecule has 0 radical (unpaired) electrons. The first-order valence-electron chi connectivity index (χ1n) is 11.0. The lowest BCUT2D eigenvalue weighted by atomic mass is 9.97. The van der Waals surface area contributed by atoms with Crippen LogP contribution in [0.4, 0.5) is 0 Å². The number of thiazole rings is 1. The van der Waals surface area contributed by atoms with Crippen LogP contribution in [0.5, 0.6) is 0 Å². The topological polar surface area (TPSA) is 71.7 Å². The molecule has 9 heteroatoms. The first kappa shape index (κ1) is 24.1. The third kappa shape index (κ3) is 5.40. The molecule has 1 aromatic heterocycles. The molecule has 2 heterocycles. The van der Waals surface area contributed by atoms with E-state index >= 15 is 0 Å². The van der Waals surface area contributed by atoms with Crippen LogP contribution in [0.3, 0.4) is 0 Å². The molecular weight excluding hydrogens is 478 g/mol. The van der Waals surface area contributed by atoms with Crippen LogP contribution in [0.25, 0.3) is 10.8 Å². The first-order chi connectivity index (χ1) is 15.8. The second kappa shape index (κ2) is 10.1. The first-order valence-corrected chi connectivity index (χ1v) is 13.9. The number of ketones is 1. The van der Waals surface area contributed by atoms with Gasteiger partial charge in [-0.05, 0) is 54.4 Å². The van der Waals surface area contributed by atoms with Crippen molar-refractivity contribution in [2.24, 2.45) is 12.0 Å². The standard InChI is InChI=1S/C24H28ClN3O3S2/c1-26-24-27(2)20(16-32-24)15-28-11-4-3-5-22(28)23(29)10-12-33(30,31)21-9-7-17-13-19(25)8-6-18(17)14-21/h6-9,13-14,16,22H,3-5,10-12,15H2,1-2H3. The lowest BCUT2D eigenvalue weighted by Crippen LogP contribution is -2.45. The number of carbonyl (C=O) groups excluding carboxylic acids is 1. The normalized spacial score (nSPS) is 18.2. The molecule has 1 atom stereocenters. The lowest BCUT2D eigenvalue weighted by Gasteiger charge is -2.34. The van der Waals surface area contributed by atoms with E-state index in [0.29, 0.717) is 11.6 Å². The largest absolute Gasteiger partial charge is 0.323 e. The van der Waals surface area contributed by atoms with E-state index < -0.39 is 9.84 Å². The number of rotatable bonds is 7. The van der Waals surface area contributed by atoms with E-state index in [1.807, 2.05) is 13.1 Å². The van der Waals surface area contributed by atoms with Crippen molar-refractivity contribution in [3.63, 3.8) is 0 Å². The Morgan fingerprint density at radius 3 is 2.70 bits per heavy atom. The van der Waals surface area contributed by atoms with Crippen molar-refractivity contribution in [1.82, 2.24) is 9.47 Å². The zero-order chi connectivity index (χ0) is 23.6. The number of likely N-dealkylation sites (tertiary alicyclic amines) is 1. The Morgan fingerprint density at radius 1 is 1.18 bits per heavy atom. The minimum atomic E-state index is -3.57. The van der Waals surface area contributed by atoms with E-state index in [-0.39, 0.29) is 28.9 Å². The maximum Gasteiger partial charge on any atom is 0.184 e. The summed E-state index contributed by atoms with van der Waals surface area (Å²) in [7, 11) is 0.191. The summed E-state index contributed by atoms with van der Waals surface area (Å²) in [5, 5.41) is 4.38. The van der Waals surface area contributed by atoms with Crippen molar-refractivity contribution in [2.45, 2.75) is 43.2 Å². The van der Waals surface area contributed by atoms with Gasteiger partial charge in [-0.1, -0.05) is 30.2 Å². The smallest absolute Gasteiger partial charge is 0.184 e. The highest BCUT2D eigenvalue weighted by Crippen LogP contribution is 2.25. The number of fused-ring (bicyclic) bond motifs is 1. The monoisotopic (exact) mass is 505 g/mol. The van der Waals surface area contributed by atoms with Gasteiger partial charge in [0.2, 0.25) is 0 Å². The van der Waals surface area contributed by atoms with Crippen LogP contribution >= 0.6 is 22.9 Å². The average molecular weight is 506 g/mol. The summed E-state index contributed by atoms with van der Waals surface area (Å²) in [6.45, 7) is 1.50. The molecule has 1 aliphatic heterocycles. The van der Waals surface area contributed by atoms with Crippen LogP contribution in [0, 0.1) is 0 Å². The fourth-order valence-electron chi connectivity index (χ4n) is 4.41. The molecule has 1 aliphatic rings. The molecule has 3 aromatic rings. The van der Waals surface area contributed by atoms with E-state index in [2.05, 4.69) is 19.8 Å². The molecule has 1 saturated heterocycles. The van der Waals surface area contributed by atoms with Crippen LogP contribution < -0.4 is 4.80 Å². The molecule has 2 aromatic carbocycles. The fourth-order valence-corrected chi connectivity index (χ4v) is 6.73. The number of carbonyl (C=O) groups is 1. The zero-order valence-corrected chi connectivity index (χ0v) is 21.2. The highest BCUT2D eigenvalue weighted by atomic mass is 35.5. The number of Topliss-reactive ketones (excluding diaryl/α,β-unsaturated/α-hetero) is 1. The number of hydrogen-bond donors (Lipinski definition) is 0. The molecule has 33 heavy (non-hydrogen) atoms. The van der Waals surface area contributed by atoms with Gasteiger partial charge in [-0.15, -0.1) is 11.3 Å². The molecule has 1 unspecified atom stereocenters. The molecule has 0 saturated carbocycles. The number of nitrogens with zero attached hydrogens (tertiary/aromatic N) is 3. The van der Waals surface area contributed by atoms with Crippen LogP contribution in [-0.4, -0.2) is 49.1 Å². The third-order valence-electron chi connectivity index (χ3n) is 6.31. The number of benzene rings is 2. The SMILES string of the molecule is CN=c1scc(CN2CCCCC2C(=O)CCS(=O)(=O)c2ccc3cc(Cl)ccc3c2)n1C. The van der Waals surface area contributed by atoms with Gasteiger partial charge in [-0.3, -0.25) is 14.7 Å². The maximum atomic E-state index is 13.1. The summed E-state index contributed by atoms with van der Waals surface area (Å²) < 4.78 is 28.0. The van der Waals surface area contributed by atoms with Gasteiger partial charge in [0.05, 0.1) is 16.7 Å². The van der Waals surface area contributed by atoms with Gasteiger partial charge >= 0.3 is 0 Å². The van der Waals surface area contributed by atoms with Crippen LogP contribution in [0.2, 0.25) is 5.02 Å². The van der Waals surface area contributed by atoms with Crippen molar-refractivity contribution in [2.75, 3.05) is 19.3 Å². The Balaban J connectivity index is 1.45. The van der Waals surface area contributed by atoms with Crippen molar-refractivity contribution < 1.29 is 13.2 Å². The van der Waals surface area contributed by atoms with Crippen molar-refractivity contribution >= 4 is 49.3 Å². The van der Waals surface area contributed by atoms with E-state index in [9.17, 15) is 13.2 Å². The molecule has 0 N–H and O–H groups in total. The van der Waals surface area contributed by atoms with Gasteiger partial charge < -0.3 is 4.57 Å². The van der Waals surface area contributed by atoms with E-state index in [0.717, 1.165) is 47.1 Å². The third-order valence-corrected chi connectivity index (χ3v) is 9.32. The molecule has 6 nitrogen and oxygen atoms in total. The predicted molar refractivity (Wildman–Crippen MR) is 133 cm³/mol.